The minimum atomic E-state index is -1.13. The molecule has 0 spiro atoms. The average Bonchev–Trinajstić information content (AvgIpc) is 3.43. The van der Waals surface area contributed by atoms with Crippen LogP contribution in [0.1, 0.15) is 212 Å². The van der Waals surface area contributed by atoms with Crippen LogP contribution in [0.5, 0.6) is 0 Å². The molecule has 0 unspecified atom stereocenters. The van der Waals surface area contributed by atoms with Crippen molar-refractivity contribution < 1.29 is 28.6 Å². The molecule has 7 heteroatoms. The minimum Gasteiger partial charge on any atom is -0.455 e. The molecule has 388 valence electrons. The van der Waals surface area contributed by atoms with Crippen LogP contribution in [0.4, 0.5) is 0 Å². The molecule has 7 nitrogen and oxygen atoms in total. The molecule has 0 aliphatic rings. The second-order valence-corrected chi connectivity index (χ2v) is 19.8. The molecule has 5 aromatic rings. The highest BCUT2D eigenvalue weighted by molar-refractivity contribution is 5.90. The lowest BCUT2D eigenvalue weighted by molar-refractivity contribution is -0.126. The van der Waals surface area contributed by atoms with Crippen molar-refractivity contribution in [3.05, 3.63) is 179 Å². The van der Waals surface area contributed by atoms with E-state index >= 15 is 0 Å². The predicted molar refractivity (Wildman–Crippen MR) is 295 cm³/mol. The van der Waals surface area contributed by atoms with E-state index in [1.54, 1.807) is 48.5 Å². The molecule has 1 N–H and O–H groups in total. The fourth-order valence-electron chi connectivity index (χ4n) is 9.86. The van der Waals surface area contributed by atoms with Crippen molar-refractivity contribution in [1.29, 1.82) is 0 Å². The topological polar surface area (TPSA) is 90.9 Å². The van der Waals surface area contributed by atoms with Crippen molar-refractivity contribution >= 4 is 17.8 Å². The molecule has 5 aromatic carbocycles. The number of hydrogen-bond donors (Lipinski definition) is 1. The van der Waals surface area contributed by atoms with Crippen molar-refractivity contribution in [3.8, 4) is 0 Å². The first-order chi connectivity index (χ1) is 35.5. The van der Waals surface area contributed by atoms with Gasteiger partial charge in [-0.1, -0.05) is 276 Å². The van der Waals surface area contributed by atoms with Crippen LogP contribution in [0.3, 0.4) is 0 Å². The molecule has 5 rings (SSSR count). The number of nitrogens with one attached hydrogen (secondary N) is 1. The van der Waals surface area contributed by atoms with Gasteiger partial charge in [-0.2, -0.15) is 0 Å². The molecule has 1 amide bonds. The second-order valence-electron chi connectivity index (χ2n) is 19.8. The highest BCUT2D eigenvalue weighted by Crippen LogP contribution is 2.41. The molecule has 3 atom stereocenters. The third-order valence-corrected chi connectivity index (χ3v) is 14.0. The number of esters is 2. The summed E-state index contributed by atoms with van der Waals surface area (Å²) in [4.78, 5) is 42.4. The van der Waals surface area contributed by atoms with Gasteiger partial charge in [0.25, 0.3) is 0 Å². The first-order valence-corrected chi connectivity index (χ1v) is 28.1. The Hall–Kier alpha value is -5.53. The van der Waals surface area contributed by atoms with E-state index in [4.69, 9.17) is 14.2 Å². The van der Waals surface area contributed by atoms with Gasteiger partial charge in [-0.3, -0.25) is 4.79 Å². The molecule has 0 aromatic heterocycles. The van der Waals surface area contributed by atoms with Crippen LogP contribution in [0.2, 0.25) is 0 Å². The van der Waals surface area contributed by atoms with Crippen LogP contribution in [0, 0.1) is 0 Å². The van der Waals surface area contributed by atoms with E-state index in [1.807, 2.05) is 103 Å². The largest absolute Gasteiger partial charge is 0.455 e. The smallest absolute Gasteiger partial charge is 0.338 e. The fourth-order valence-corrected chi connectivity index (χ4v) is 9.86. The normalized spacial score (nSPS) is 12.7. The van der Waals surface area contributed by atoms with Crippen LogP contribution in [-0.4, -0.2) is 42.7 Å². The summed E-state index contributed by atoms with van der Waals surface area (Å²) in [5, 5.41) is 3.30. The van der Waals surface area contributed by atoms with Gasteiger partial charge in [0.05, 0.1) is 23.8 Å². The maximum absolute atomic E-state index is 14.3. The molecular weight excluding hydrogens is 891 g/mol. The molecule has 0 radical (unpaired) electrons. The number of unbranched alkanes of at least 4 members (excludes halogenated alkanes) is 21. The Kier molecular flexibility index (Phi) is 27.7. The van der Waals surface area contributed by atoms with Crippen molar-refractivity contribution in [2.24, 2.45) is 0 Å². The SMILES string of the molecule is CCCCCCCCCCCCCCCCCCCCCCCC(=O)N[C@@H](COC(c1ccccc1)(c1ccccc1)c1ccccc1)[C@H](OC(=O)c1ccccc1)[C@@H](CCCC)OC(=O)c1ccccc1. The van der Waals surface area contributed by atoms with Crippen LogP contribution in [-0.2, 0) is 24.6 Å². The number of amides is 1. The fraction of sp³-hybridized carbons (Fsp3) is 0.492. The Morgan fingerprint density at radius 3 is 1.12 bits per heavy atom. The summed E-state index contributed by atoms with van der Waals surface area (Å²) in [5.74, 6) is -1.28. The van der Waals surface area contributed by atoms with E-state index in [-0.39, 0.29) is 12.5 Å². The number of hydrogen-bond acceptors (Lipinski definition) is 6. The third kappa shape index (κ3) is 20.2. The number of benzene rings is 5. The minimum absolute atomic E-state index is 0.0814. The average molecular weight is 978 g/mol. The number of carbonyl (C=O) groups is 3. The molecule has 0 saturated heterocycles. The van der Waals surface area contributed by atoms with E-state index in [0.717, 1.165) is 42.4 Å². The van der Waals surface area contributed by atoms with Gasteiger partial charge in [0.2, 0.25) is 5.91 Å². The zero-order chi connectivity index (χ0) is 50.7. The summed E-state index contributed by atoms with van der Waals surface area (Å²) in [6.07, 6.45) is 27.4. The summed E-state index contributed by atoms with van der Waals surface area (Å²) >= 11 is 0. The van der Waals surface area contributed by atoms with Crippen LogP contribution < -0.4 is 5.32 Å². The first kappa shape index (κ1) is 57.4. The van der Waals surface area contributed by atoms with Crippen molar-refractivity contribution in [1.82, 2.24) is 5.32 Å². The summed E-state index contributed by atoms with van der Waals surface area (Å²) in [6.45, 7) is 4.27. The molecule has 0 fully saturated rings. The number of carbonyl (C=O) groups excluding carboxylic acids is 3. The molecular formula is C65H87NO6. The van der Waals surface area contributed by atoms with Gasteiger partial charge in [-0.05, 0) is 60.2 Å². The number of ether oxygens (including phenoxy) is 3. The van der Waals surface area contributed by atoms with E-state index < -0.39 is 35.8 Å². The van der Waals surface area contributed by atoms with Crippen molar-refractivity contribution in [3.63, 3.8) is 0 Å². The van der Waals surface area contributed by atoms with Gasteiger partial charge in [-0.15, -0.1) is 0 Å². The Morgan fingerprint density at radius 2 is 0.750 bits per heavy atom. The van der Waals surface area contributed by atoms with Crippen LogP contribution in [0.25, 0.3) is 0 Å². The van der Waals surface area contributed by atoms with E-state index in [1.165, 1.54) is 116 Å². The molecule has 0 aliphatic heterocycles. The standard InChI is InChI=1S/C65H87NO6/c1-3-5-7-8-9-10-11-12-13-14-15-16-17-18-19-20-21-22-23-24-40-52-61(67)66-59(53-70-65(56-45-34-27-35-46-56,57-47-36-28-37-48-57)58-49-38-29-39-50-58)62(72-64(69)55-43-32-26-33-44-55)60(51-6-4-2)71-63(68)54-41-30-25-31-42-54/h25-39,41-50,59-60,62H,3-24,40,51-53H2,1-2H3,(H,66,67)/t59-,60+,62-/m0/s1. The van der Waals surface area contributed by atoms with Crippen molar-refractivity contribution in [2.75, 3.05) is 6.61 Å². The lowest BCUT2D eigenvalue weighted by Crippen LogP contribution is -2.55. The zero-order valence-corrected chi connectivity index (χ0v) is 44.0. The van der Waals surface area contributed by atoms with E-state index in [0.29, 0.717) is 30.4 Å². The lowest BCUT2D eigenvalue weighted by Gasteiger charge is -2.39. The van der Waals surface area contributed by atoms with Crippen LogP contribution >= 0.6 is 0 Å². The van der Waals surface area contributed by atoms with Gasteiger partial charge in [0, 0.05) is 6.42 Å². The summed E-state index contributed by atoms with van der Waals surface area (Å²) in [6, 6.07) is 46.9. The van der Waals surface area contributed by atoms with Crippen LogP contribution in [0.15, 0.2) is 152 Å². The summed E-state index contributed by atoms with van der Waals surface area (Å²) in [7, 11) is 0. The van der Waals surface area contributed by atoms with Gasteiger partial charge in [0.15, 0.2) is 6.10 Å². The molecule has 0 heterocycles. The van der Waals surface area contributed by atoms with Gasteiger partial charge >= 0.3 is 11.9 Å². The Bertz CT molecular complexity index is 2070. The van der Waals surface area contributed by atoms with Gasteiger partial charge < -0.3 is 19.5 Å². The Balaban J connectivity index is 1.26. The quantitative estimate of drug-likeness (QED) is 0.0241. The van der Waals surface area contributed by atoms with Gasteiger partial charge in [0.1, 0.15) is 11.7 Å². The Labute approximate surface area is 434 Å². The monoisotopic (exact) mass is 978 g/mol. The van der Waals surface area contributed by atoms with Gasteiger partial charge in [-0.25, -0.2) is 9.59 Å². The maximum atomic E-state index is 14.3. The highest BCUT2D eigenvalue weighted by Gasteiger charge is 2.42. The molecule has 0 saturated carbocycles. The Morgan fingerprint density at radius 1 is 0.417 bits per heavy atom. The zero-order valence-electron chi connectivity index (χ0n) is 44.0. The van der Waals surface area contributed by atoms with E-state index in [2.05, 4.69) is 19.2 Å². The third-order valence-electron chi connectivity index (χ3n) is 14.0. The predicted octanol–water partition coefficient (Wildman–Crippen LogP) is 16.7. The molecule has 72 heavy (non-hydrogen) atoms. The second kappa shape index (κ2) is 34.8. The summed E-state index contributed by atoms with van der Waals surface area (Å²) in [5.41, 5.74) is 2.28. The molecule has 0 bridgehead atoms. The summed E-state index contributed by atoms with van der Waals surface area (Å²) < 4.78 is 20.3. The lowest BCUT2D eigenvalue weighted by atomic mass is 9.80. The number of rotatable bonds is 38. The van der Waals surface area contributed by atoms with Crippen molar-refractivity contribution in [2.45, 2.75) is 198 Å². The highest BCUT2D eigenvalue weighted by atomic mass is 16.6. The van der Waals surface area contributed by atoms with E-state index in [9.17, 15) is 14.4 Å². The first-order valence-electron chi connectivity index (χ1n) is 28.1. The maximum Gasteiger partial charge on any atom is 0.338 e. The molecule has 0 aliphatic carbocycles.